The second-order valence-electron chi connectivity index (χ2n) is 11.4. The van der Waals surface area contributed by atoms with Gasteiger partial charge in [-0.05, 0) is 0 Å². The summed E-state index contributed by atoms with van der Waals surface area (Å²) < 4.78 is 5.30. The number of para-hydroxylation sites is 2. The molecule has 0 atom stereocenters. The van der Waals surface area contributed by atoms with Crippen LogP contribution in [-0.4, -0.2) is 19.1 Å². The van der Waals surface area contributed by atoms with Gasteiger partial charge >= 0.3 is 269 Å². The fraction of sp³-hybridized carbons (Fsp3) is 0. The molecule has 0 saturated heterocycles. The Kier molecular flexibility index (Phi) is 6.19. The minimum atomic E-state index is 0.286. The average molecular weight is 640 g/mol. The van der Waals surface area contributed by atoms with Crippen molar-refractivity contribution in [1.82, 2.24) is 4.57 Å². The molecular weight excluding hydrogens is 611 g/mol. The minimum absolute atomic E-state index is 0.286. The zero-order valence-electron chi connectivity index (χ0n) is 24.5. The quantitative estimate of drug-likeness (QED) is 0.170. The molecule has 0 radical (unpaired) electrons. The molecular formula is C42H28N2Se. The number of benzene rings is 7. The average Bonchev–Trinajstić information content (AvgIpc) is 3.64. The maximum absolute atomic E-state index is 2.42. The Morgan fingerprint density at radius 2 is 0.933 bits per heavy atom. The number of hydrogen-bond donors (Lipinski definition) is 0. The van der Waals surface area contributed by atoms with Gasteiger partial charge in [-0.1, -0.05) is 0 Å². The fourth-order valence-corrected chi connectivity index (χ4v) is 9.08. The number of hydrogen-bond acceptors (Lipinski definition) is 1. The molecule has 2 heterocycles. The van der Waals surface area contributed by atoms with Crippen LogP contribution in [0.2, 0.25) is 0 Å². The van der Waals surface area contributed by atoms with Gasteiger partial charge in [0.2, 0.25) is 0 Å². The predicted octanol–water partition coefficient (Wildman–Crippen LogP) is 11.3. The van der Waals surface area contributed by atoms with Crippen molar-refractivity contribution in [3.63, 3.8) is 0 Å². The molecule has 0 amide bonds. The summed E-state index contributed by atoms with van der Waals surface area (Å²) in [6, 6.07) is 61.8. The SMILES string of the molecule is c1ccc(-c2ccc(N(c3ccc4c(c3)[se]c3ccccc34)c3ccc4c5ccccc5n(-c5ccccc5)c4c3)cc2)cc1. The van der Waals surface area contributed by atoms with Crippen LogP contribution in [0.3, 0.4) is 0 Å². The molecule has 0 spiro atoms. The van der Waals surface area contributed by atoms with Gasteiger partial charge in [0.05, 0.1) is 0 Å². The van der Waals surface area contributed by atoms with Crippen LogP contribution in [0.1, 0.15) is 0 Å². The summed E-state index contributed by atoms with van der Waals surface area (Å²) >= 11 is 0.286. The number of aromatic nitrogens is 1. The van der Waals surface area contributed by atoms with E-state index in [0.717, 1.165) is 17.1 Å². The van der Waals surface area contributed by atoms with Crippen LogP contribution in [0.4, 0.5) is 17.1 Å². The van der Waals surface area contributed by atoms with Crippen LogP contribution in [0, 0.1) is 0 Å². The monoisotopic (exact) mass is 640 g/mol. The van der Waals surface area contributed by atoms with Gasteiger partial charge in [0.15, 0.2) is 0 Å². The molecule has 7 aromatic carbocycles. The van der Waals surface area contributed by atoms with E-state index in [1.807, 2.05) is 0 Å². The molecule has 0 bridgehead atoms. The van der Waals surface area contributed by atoms with Gasteiger partial charge in [-0.2, -0.15) is 0 Å². The first-order valence-electron chi connectivity index (χ1n) is 15.3. The van der Waals surface area contributed by atoms with E-state index >= 15 is 0 Å². The van der Waals surface area contributed by atoms with Crippen LogP contribution in [0.5, 0.6) is 0 Å². The second-order valence-corrected chi connectivity index (χ2v) is 13.7. The second kappa shape index (κ2) is 10.7. The van der Waals surface area contributed by atoms with E-state index in [-0.39, 0.29) is 14.5 Å². The Labute approximate surface area is 267 Å². The van der Waals surface area contributed by atoms with Crippen molar-refractivity contribution >= 4 is 72.7 Å². The van der Waals surface area contributed by atoms with Crippen molar-refractivity contribution < 1.29 is 0 Å². The van der Waals surface area contributed by atoms with Crippen LogP contribution < -0.4 is 4.90 Å². The van der Waals surface area contributed by atoms with Crippen molar-refractivity contribution in [3.05, 3.63) is 170 Å². The van der Waals surface area contributed by atoms with E-state index in [1.165, 1.54) is 57.9 Å². The van der Waals surface area contributed by atoms with Crippen molar-refractivity contribution in [2.45, 2.75) is 0 Å². The number of fused-ring (bicyclic) bond motifs is 6. The van der Waals surface area contributed by atoms with Gasteiger partial charge in [-0.3, -0.25) is 0 Å². The van der Waals surface area contributed by atoms with Gasteiger partial charge < -0.3 is 0 Å². The Morgan fingerprint density at radius 1 is 0.378 bits per heavy atom. The van der Waals surface area contributed by atoms with E-state index < -0.39 is 0 Å². The third-order valence-electron chi connectivity index (χ3n) is 8.78. The Balaban J connectivity index is 1.27. The summed E-state index contributed by atoms with van der Waals surface area (Å²) in [5, 5.41) is 5.27. The summed E-state index contributed by atoms with van der Waals surface area (Å²) in [5.74, 6) is 0. The third kappa shape index (κ3) is 4.40. The van der Waals surface area contributed by atoms with Crippen molar-refractivity contribution in [2.75, 3.05) is 4.90 Å². The molecule has 212 valence electrons. The first-order chi connectivity index (χ1) is 22.3. The Bertz CT molecular complexity index is 2470. The standard InChI is InChI=1S/C42H28N2Se/c1-3-11-29(12-4-1)30-19-21-32(22-20-30)43(34-24-26-38-37-16-8-10-18-41(37)45-42(38)28-34)33-23-25-36-35-15-7-9-17-39(35)44(40(36)27-33)31-13-5-2-6-14-31/h1-28H. The maximum atomic E-state index is 2.42. The first-order valence-corrected chi connectivity index (χ1v) is 17.0. The molecule has 2 aromatic heterocycles. The fourth-order valence-electron chi connectivity index (χ4n) is 6.69. The third-order valence-corrected chi connectivity index (χ3v) is 11.2. The zero-order chi connectivity index (χ0) is 29.7. The molecule has 0 fully saturated rings. The summed E-state index contributed by atoms with van der Waals surface area (Å²) in [7, 11) is 0. The molecule has 0 unspecified atom stereocenters. The molecule has 9 aromatic rings. The van der Waals surface area contributed by atoms with Crippen molar-refractivity contribution in [2.24, 2.45) is 0 Å². The van der Waals surface area contributed by atoms with Crippen molar-refractivity contribution in [1.29, 1.82) is 0 Å². The molecule has 45 heavy (non-hydrogen) atoms. The molecule has 0 saturated carbocycles. The molecule has 9 rings (SSSR count). The molecule has 0 aliphatic carbocycles. The van der Waals surface area contributed by atoms with Gasteiger partial charge in [-0.25, -0.2) is 0 Å². The van der Waals surface area contributed by atoms with E-state index in [0.29, 0.717) is 0 Å². The summed E-state index contributed by atoms with van der Waals surface area (Å²) in [6.45, 7) is 0. The summed E-state index contributed by atoms with van der Waals surface area (Å²) in [4.78, 5) is 2.42. The van der Waals surface area contributed by atoms with E-state index in [9.17, 15) is 0 Å². The normalized spacial score (nSPS) is 11.6. The number of nitrogens with zero attached hydrogens (tertiary/aromatic N) is 2. The zero-order valence-corrected chi connectivity index (χ0v) is 26.2. The molecule has 2 nitrogen and oxygen atoms in total. The van der Waals surface area contributed by atoms with Crippen LogP contribution in [-0.2, 0) is 0 Å². The topological polar surface area (TPSA) is 8.17 Å². The molecule has 0 N–H and O–H groups in total. The molecule has 0 aliphatic rings. The van der Waals surface area contributed by atoms with E-state index in [4.69, 9.17) is 0 Å². The summed E-state index contributed by atoms with van der Waals surface area (Å²) in [6.07, 6.45) is 0. The van der Waals surface area contributed by atoms with Crippen LogP contribution in [0.15, 0.2) is 170 Å². The van der Waals surface area contributed by atoms with Gasteiger partial charge in [0.25, 0.3) is 0 Å². The molecule has 0 aliphatic heterocycles. The summed E-state index contributed by atoms with van der Waals surface area (Å²) in [5.41, 5.74) is 9.47. The van der Waals surface area contributed by atoms with Gasteiger partial charge in [-0.15, -0.1) is 0 Å². The van der Waals surface area contributed by atoms with Crippen LogP contribution >= 0.6 is 0 Å². The number of rotatable bonds is 5. The van der Waals surface area contributed by atoms with E-state index in [1.54, 1.807) is 0 Å². The molecule has 3 heteroatoms. The first kappa shape index (κ1) is 26.1. The van der Waals surface area contributed by atoms with E-state index in [2.05, 4.69) is 179 Å². The Hall–Kier alpha value is -5.34. The predicted molar refractivity (Wildman–Crippen MR) is 193 cm³/mol. The Morgan fingerprint density at radius 3 is 1.73 bits per heavy atom. The van der Waals surface area contributed by atoms with Crippen LogP contribution in [0.25, 0.3) is 57.9 Å². The van der Waals surface area contributed by atoms with Gasteiger partial charge in [0, 0.05) is 0 Å². The number of anilines is 3. The van der Waals surface area contributed by atoms with Crippen molar-refractivity contribution in [3.8, 4) is 16.8 Å². The van der Waals surface area contributed by atoms with Gasteiger partial charge in [0.1, 0.15) is 0 Å².